The number of rotatable bonds is 2. The van der Waals surface area contributed by atoms with Crippen molar-refractivity contribution in [3.63, 3.8) is 0 Å². The highest BCUT2D eigenvalue weighted by molar-refractivity contribution is 7.90. The average Bonchev–Trinajstić information content (AvgIpc) is 2.60. The normalized spacial score (nSPS) is 18.0. The van der Waals surface area contributed by atoms with Gasteiger partial charge in [0.1, 0.15) is 12.4 Å². The van der Waals surface area contributed by atoms with Crippen LogP contribution in [-0.2, 0) is 23.2 Å². The van der Waals surface area contributed by atoms with E-state index in [1.54, 1.807) is 10.4 Å². The molecule has 0 fully saturated rings. The van der Waals surface area contributed by atoms with Gasteiger partial charge in [0.25, 0.3) is 0 Å². The molecule has 0 aliphatic carbocycles. The maximum absolute atomic E-state index is 13.1. The quantitative estimate of drug-likeness (QED) is 0.848. The third-order valence-corrected chi connectivity index (χ3v) is 6.29. The van der Waals surface area contributed by atoms with Crippen LogP contribution in [0.5, 0.6) is 5.75 Å². The molecule has 2 aromatic rings. The largest absolute Gasteiger partial charge is 0.489 e. The predicted molar refractivity (Wildman–Crippen MR) is 88.8 cm³/mol. The van der Waals surface area contributed by atoms with Crippen molar-refractivity contribution in [3.8, 4) is 5.75 Å². The SMILES string of the molecule is O=S(=O)(N1CCc2ccccc2C1)N1CCOc2ccccc21. The van der Waals surface area contributed by atoms with Crippen molar-refractivity contribution in [2.45, 2.75) is 13.0 Å². The van der Waals surface area contributed by atoms with Crippen molar-refractivity contribution in [2.24, 2.45) is 0 Å². The first kappa shape index (κ1) is 14.5. The Morgan fingerprint density at radius 1 is 0.913 bits per heavy atom. The zero-order valence-electron chi connectivity index (χ0n) is 12.7. The molecule has 23 heavy (non-hydrogen) atoms. The number of ether oxygens (including phenoxy) is 1. The fourth-order valence-electron chi connectivity index (χ4n) is 3.19. The minimum atomic E-state index is -3.55. The van der Waals surface area contributed by atoms with Crippen molar-refractivity contribution < 1.29 is 13.2 Å². The number of hydrogen-bond donors (Lipinski definition) is 0. The first-order chi connectivity index (χ1) is 11.2. The third kappa shape index (κ3) is 2.48. The third-order valence-electron chi connectivity index (χ3n) is 4.39. The van der Waals surface area contributed by atoms with E-state index in [9.17, 15) is 8.42 Å². The topological polar surface area (TPSA) is 49.9 Å². The Morgan fingerprint density at radius 3 is 2.52 bits per heavy atom. The number of para-hydroxylation sites is 2. The molecule has 0 saturated heterocycles. The Morgan fingerprint density at radius 2 is 1.65 bits per heavy atom. The molecule has 2 aliphatic rings. The minimum absolute atomic E-state index is 0.345. The molecule has 2 aliphatic heterocycles. The van der Waals surface area contributed by atoms with Gasteiger partial charge >= 0.3 is 10.2 Å². The number of fused-ring (bicyclic) bond motifs is 2. The zero-order chi connectivity index (χ0) is 15.9. The summed E-state index contributed by atoms with van der Waals surface area (Å²) in [5, 5.41) is 0. The van der Waals surface area contributed by atoms with E-state index in [1.165, 1.54) is 9.87 Å². The summed E-state index contributed by atoms with van der Waals surface area (Å²) in [7, 11) is -3.55. The second-order valence-electron chi connectivity index (χ2n) is 5.75. The van der Waals surface area contributed by atoms with Gasteiger partial charge in [-0.25, -0.2) is 0 Å². The van der Waals surface area contributed by atoms with Crippen LogP contribution in [-0.4, -0.2) is 32.4 Å². The van der Waals surface area contributed by atoms with Gasteiger partial charge in [0, 0.05) is 13.1 Å². The number of benzene rings is 2. The highest BCUT2D eigenvalue weighted by atomic mass is 32.2. The lowest BCUT2D eigenvalue weighted by atomic mass is 10.0. The Bertz CT molecular complexity index is 835. The summed E-state index contributed by atoms with van der Waals surface area (Å²) in [5.41, 5.74) is 2.95. The summed E-state index contributed by atoms with van der Waals surface area (Å²) in [6.07, 6.45) is 0.751. The Balaban J connectivity index is 1.67. The van der Waals surface area contributed by atoms with Crippen LogP contribution in [0.2, 0.25) is 0 Å². The number of nitrogens with zero attached hydrogens (tertiary/aromatic N) is 2. The van der Waals surface area contributed by atoms with Gasteiger partial charge in [-0.1, -0.05) is 36.4 Å². The summed E-state index contributed by atoms with van der Waals surface area (Å²) in [6, 6.07) is 15.3. The monoisotopic (exact) mass is 330 g/mol. The predicted octanol–water partition coefficient (Wildman–Crippen LogP) is 2.19. The van der Waals surface area contributed by atoms with Crippen LogP contribution in [0.1, 0.15) is 11.1 Å². The van der Waals surface area contributed by atoms with Gasteiger partial charge in [-0.3, -0.25) is 4.31 Å². The average molecular weight is 330 g/mol. The maximum atomic E-state index is 13.1. The molecule has 4 rings (SSSR count). The van der Waals surface area contributed by atoms with Crippen LogP contribution < -0.4 is 9.04 Å². The van der Waals surface area contributed by atoms with Crippen molar-refractivity contribution in [2.75, 3.05) is 24.0 Å². The molecular weight excluding hydrogens is 312 g/mol. The molecule has 5 nitrogen and oxygen atoms in total. The Kier molecular flexibility index (Phi) is 3.50. The van der Waals surface area contributed by atoms with Crippen molar-refractivity contribution >= 4 is 15.9 Å². The summed E-state index contributed by atoms with van der Waals surface area (Å²) >= 11 is 0. The number of hydrogen-bond acceptors (Lipinski definition) is 3. The van der Waals surface area contributed by atoms with E-state index >= 15 is 0 Å². The summed E-state index contributed by atoms with van der Waals surface area (Å²) in [4.78, 5) is 0. The van der Waals surface area contributed by atoms with E-state index in [2.05, 4.69) is 6.07 Å². The molecular formula is C17H18N2O3S. The first-order valence-corrected chi connectivity index (χ1v) is 9.12. The highest BCUT2D eigenvalue weighted by Crippen LogP contribution is 2.34. The minimum Gasteiger partial charge on any atom is -0.489 e. The lowest BCUT2D eigenvalue weighted by molar-refractivity contribution is 0.311. The summed E-state index contributed by atoms with van der Waals surface area (Å²) in [6.45, 7) is 1.66. The van der Waals surface area contributed by atoms with Crippen molar-refractivity contribution in [1.29, 1.82) is 0 Å². The molecule has 0 amide bonds. The first-order valence-electron chi connectivity index (χ1n) is 7.73. The van der Waals surface area contributed by atoms with Crippen LogP contribution in [0.4, 0.5) is 5.69 Å². The van der Waals surface area contributed by atoms with E-state index in [-0.39, 0.29) is 0 Å². The van der Waals surface area contributed by atoms with Gasteiger partial charge in [0.2, 0.25) is 0 Å². The number of anilines is 1. The van der Waals surface area contributed by atoms with E-state index in [4.69, 9.17) is 4.74 Å². The lowest BCUT2D eigenvalue weighted by Crippen LogP contribution is -2.48. The highest BCUT2D eigenvalue weighted by Gasteiger charge is 2.35. The lowest BCUT2D eigenvalue weighted by Gasteiger charge is -2.36. The molecule has 0 saturated carbocycles. The second-order valence-corrected chi connectivity index (χ2v) is 7.60. The van der Waals surface area contributed by atoms with Gasteiger partial charge in [-0.15, -0.1) is 0 Å². The smallest absolute Gasteiger partial charge is 0.304 e. The van der Waals surface area contributed by atoms with Crippen LogP contribution in [0.25, 0.3) is 0 Å². The van der Waals surface area contributed by atoms with Gasteiger partial charge in [0.15, 0.2) is 0 Å². The van der Waals surface area contributed by atoms with Gasteiger partial charge in [-0.2, -0.15) is 12.7 Å². The molecule has 0 N–H and O–H groups in total. The maximum Gasteiger partial charge on any atom is 0.304 e. The van der Waals surface area contributed by atoms with Crippen LogP contribution >= 0.6 is 0 Å². The van der Waals surface area contributed by atoms with Crippen LogP contribution in [0.3, 0.4) is 0 Å². The van der Waals surface area contributed by atoms with Crippen molar-refractivity contribution in [1.82, 2.24) is 4.31 Å². The van der Waals surface area contributed by atoms with E-state index in [0.717, 1.165) is 12.0 Å². The molecule has 0 bridgehead atoms. The molecule has 2 aromatic carbocycles. The summed E-state index contributed by atoms with van der Waals surface area (Å²) < 4.78 is 34.8. The zero-order valence-corrected chi connectivity index (χ0v) is 13.5. The van der Waals surface area contributed by atoms with Crippen molar-refractivity contribution in [3.05, 3.63) is 59.7 Å². The van der Waals surface area contributed by atoms with Gasteiger partial charge < -0.3 is 4.74 Å². The van der Waals surface area contributed by atoms with E-state index in [0.29, 0.717) is 37.7 Å². The van der Waals surface area contributed by atoms with E-state index < -0.39 is 10.2 Å². The molecule has 2 heterocycles. The Labute approximate surface area is 136 Å². The molecule has 120 valence electrons. The molecule has 0 spiro atoms. The second kappa shape index (κ2) is 5.54. The summed E-state index contributed by atoms with van der Waals surface area (Å²) in [5.74, 6) is 0.625. The van der Waals surface area contributed by atoms with Gasteiger partial charge in [-0.05, 0) is 29.7 Å². The fraction of sp³-hybridized carbons (Fsp3) is 0.294. The fourth-order valence-corrected chi connectivity index (χ4v) is 4.80. The molecule has 0 unspecified atom stereocenters. The van der Waals surface area contributed by atoms with Crippen LogP contribution in [0.15, 0.2) is 48.5 Å². The van der Waals surface area contributed by atoms with E-state index in [1.807, 2.05) is 36.4 Å². The van der Waals surface area contributed by atoms with Crippen LogP contribution in [0, 0.1) is 0 Å². The van der Waals surface area contributed by atoms with Gasteiger partial charge in [0.05, 0.1) is 12.2 Å². The molecule has 0 radical (unpaired) electrons. The molecule has 6 heteroatoms. The standard InChI is InChI=1S/C17H18N2O3S/c20-23(21,18-10-9-14-5-1-2-6-15(14)13-18)19-11-12-22-17-8-4-3-7-16(17)19/h1-8H,9-13H2. The Hall–Kier alpha value is -2.05. The molecule has 0 atom stereocenters. The molecule has 0 aromatic heterocycles.